The molecule has 1 aliphatic heterocycles. The van der Waals surface area contributed by atoms with E-state index in [4.69, 9.17) is 5.73 Å². The summed E-state index contributed by atoms with van der Waals surface area (Å²) in [5, 5.41) is 0. The molecule has 0 radical (unpaired) electrons. The van der Waals surface area contributed by atoms with Crippen LogP contribution in [0.4, 0.5) is 0 Å². The van der Waals surface area contributed by atoms with Crippen molar-refractivity contribution in [1.29, 1.82) is 0 Å². The molecule has 1 aliphatic rings. The molecule has 1 heterocycles. The largest absolute Gasteiger partial charge is 0.343 e. The molecule has 20 heavy (non-hydrogen) atoms. The minimum absolute atomic E-state index is 0.348. The molecule has 2 N–H and O–H groups in total. The summed E-state index contributed by atoms with van der Waals surface area (Å²) in [4.78, 5) is 16.6. The van der Waals surface area contributed by atoms with Gasteiger partial charge in [-0.2, -0.15) is 0 Å². The van der Waals surface area contributed by atoms with Crippen LogP contribution in [0.2, 0.25) is 0 Å². The summed E-state index contributed by atoms with van der Waals surface area (Å²) in [5.41, 5.74) is 5.65. The van der Waals surface area contributed by atoms with Gasteiger partial charge in [-0.3, -0.25) is 4.79 Å². The lowest BCUT2D eigenvalue weighted by Crippen LogP contribution is -2.44. The van der Waals surface area contributed by atoms with Crippen LogP contribution in [-0.4, -0.2) is 55.5 Å². The van der Waals surface area contributed by atoms with Crippen molar-refractivity contribution in [2.75, 3.05) is 33.7 Å². The van der Waals surface area contributed by atoms with Gasteiger partial charge in [-0.1, -0.05) is 19.8 Å². The van der Waals surface area contributed by atoms with Crippen LogP contribution in [-0.2, 0) is 4.79 Å². The summed E-state index contributed by atoms with van der Waals surface area (Å²) in [6.45, 7) is 4.80. The molecule has 0 aromatic carbocycles. The van der Waals surface area contributed by atoms with Crippen LogP contribution in [0.25, 0.3) is 0 Å². The molecule has 0 aromatic heterocycles. The molecule has 0 aromatic rings. The van der Waals surface area contributed by atoms with E-state index in [9.17, 15) is 4.79 Å². The lowest BCUT2D eigenvalue weighted by atomic mass is 9.94. The lowest BCUT2D eigenvalue weighted by Gasteiger charge is -2.35. The molecule has 1 rings (SSSR count). The minimum atomic E-state index is 0.348. The van der Waals surface area contributed by atoms with Crippen molar-refractivity contribution in [2.45, 2.75) is 57.9 Å². The Morgan fingerprint density at radius 3 is 2.40 bits per heavy atom. The van der Waals surface area contributed by atoms with Crippen LogP contribution in [0, 0.1) is 5.92 Å². The molecule has 0 aliphatic carbocycles. The van der Waals surface area contributed by atoms with E-state index in [1.807, 2.05) is 0 Å². The van der Waals surface area contributed by atoms with Gasteiger partial charge in [0.1, 0.15) is 0 Å². The second-order valence-electron chi connectivity index (χ2n) is 6.35. The van der Waals surface area contributed by atoms with Crippen molar-refractivity contribution in [2.24, 2.45) is 11.7 Å². The van der Waals surface area contributed by atoms with Gasteiger partial charge in [-0.05, 0) is 52.2 Å². The molecule has 0 saturated carbocycles. The van der Waals surface area contributed by atoms with E-state index >= 15 is 0 Å². The molecule has 1 amide bonds. The Morgan fingerprint density at radius 2 is 1.90 bits per heavy atom. The summed E-state index contributed by atoms with van der Waals surface area (Å²) in [6.07, 6.45) is 7.39. The van der Waals surface area contributed by atoms with Gasteiger partial charge in [0.2, 0.25) is 5.91 Å². The van der Waals surface area contributed by atoms with Crippen LogP contribution in [0.1, 0.15) is 51.9 Å². The molecule has 4 nitrogen and oxygen atoms in total. The summed E-state index contributed by atoms with van der Waals surface area (Å²) >= 11 is 0. The number of likely N-dealkylation sites (tertiary alicyclic amines) is 1. The zero-order valence-electron chi connectivity index (χ0n) is 13.6. The summed E-state index contributed by atoms with van der Waals surface area (Å²) < 4.78 is 0. The van der Waals surface area contributed by atoms with E-state index < -0.39 is 0 Å². The first-order valence-electron chi connectivity index (χ1n) is 8.22. The normalized spacial score (nSPS) is 18.6. The smallest absolute Gasteiger partial charge is 0.222 e. The Morgan fingerprint density at radius 1 is 1.25 bits per heavy atom. The maximum Gasteiger partial charge on any atom is 0.222 e. The molecular formula is C16H33N3O. The summed E-state index contributed by atoms with van der Waals surface area (Å²) in [7, 11) is 4.26. The second-order valence-corrected chi connectivity index (χ2v) is 6.35. The van der Waals surface area contributed by atoms with Crippen molar-refractivity contribution in [3.63, 3.8) is 0 Å². The van der Waals surface area contributed by atoms with Crippen molar-refractivity contribution in [3.8, 4) is 0 Å². The van der Waals surface area contributed by atoms with Crippen LogP contribution in [0.5, 0.6) is 0 Å². The van der Waals surface area contributed by atoms with Crippen LogP contribution < -0.4 is 5.73 Å². The molecule has 1 fully saturated rings. The Balaban J connectivity index is 2.29. The number of carbonyl (C=O) groups excluding carboxylic acids is 1. The van der Waals surface area contributed by atoms with E-state index in [0.29, 0.717) is 24.3 Å². The lowest BCUT2D eigenvalue weighted by molar-refractivity contribution is -0.133. The average Bonchev–Trinajstić information content (AvgIpc) is 2.45. The first-order valence-corrected chi connectivity index (χ1v) is 8.22. The number of nitrogens with zero attached hydrogens (tertiary/aromatic N) is 2. The first-order chi connectivity index (χ1) is 9.58. The molecule has 0 spiro atoms. The molecule has 0 bridgehead atoms. The molecule has 118 valence electrons. The third-order valence-electron chi connectivity index (χ3n) is 4.59. The fourth-order valence-electron chi connectivity index (χ4n) is 3.19. The number of hydrogen-bond acceptors (Lipinski definition) is 3. The number of nitrogens with two attached hydrogens (primary N) is 1. The predicted octanol–water partition coefficient (Wildman–Crippen LogP) is 2.08. The SMILES string of the molecule is CCCC(CCN)CCC(=O)N1CCC(N(C)C)CC1. The van der Waals surface area contributed by atoms with E-state index in [1.165, 1.54) is 12.8 Å². The number of rotatable bonds is 8. The quantitative estimate of drug-likeness (QED) is 0.742. The standard InChI is InChI=1S/C16H33N3O/c1-4-5-14(8-11-17)6-7-16(20)19-12-9-15(10-13-19)18(2)3/h14-15H,4-13,17H2,1-3H3. The average molecular weight is 283 g/mol. The monoisotopic (exact) mass is 283 g/mol. The summed E-state index contributed by atoms with van der Waals surface area (Å²) in [5.74, 6) is 0.980. The number of hydrogen-bond donors (Lipinski definition) is 1. The van der Waals surface area contributed by atoms with Crippen molar-refractivity contribution in [3.05, 3.63) is 0 Å². The van der Waals surface area contributed by atoms with E-state index in [-0.39, 0.29) is 0 Å². The highest BCUT2D eigenvalue weighted by Gasteiger charge is 2.23. The molecule has 4 heteroatoms. The highest BCUT2D eigenvalue weighted by molar-refractivity contribution is 5.76. The fraction of sp³-hybridized carbons (Fsp3) is 0.938. The molecule has 1 atom stereocenters. The topological polar surface area (TPSA) is 49.6 Å². The molecule has 1 saturated heterocycles. The van der Waals surface area contributed by atoms with Crippen molar-refractivity contribution in [1.82, 2.24) is 9.80 Å². The van der Waals surface area contributed by atoms with Gasteiger partial charge in [0, 0.05) is 25.6 Å². The van der Waals surface area contributed by atoms with Crippen LogP contribution in [0.15, 0.2) is 0 Å². The first kappa shape index (κ1) is 17.4. The maximum absolute atomic E-state index is 12.3. The van der Waals surface area contributed by atoms with E-state index in [0.717, 1.165) is 45.3 Å². The Kier molecular flexibility index (Phi) is 8.15. The van der Waals surface area contributed by atoms with Gasteiger partial charge in [0.05, 0.1) is 0 Å². The maximum atomic E-state index is 12.3. The highest BCUT2D eigenvalue weighted by Crippen LogP contribution is 2.20. The van der Waals surface area contributed by atoms with Gasteiger partial charge in [-0.25, -0.2) is 0 Å². The fourth-order valence-corrected chi connectivity index (χ4v) is 3.19. The van der Waals surface area contributed by atoms with Gasteiger partial charge in [0.25, 0.3) is 0 Å². The van der Waals surface area contributed by atoms with Crippen LogP contribution >= 0.6 is 0 Å². The van der Waals surface area contributed by atoms with Gasteiger partial charge < -0.3 is 15.5 Å². The highest BCUT2D eigenvalue weighted by atomic mass is 16.2. The van der Waals surface area contributed by atoms with Gasteiger partial charge in [0.15, 0.2) is 0 Å². The number of amides is 1. The van der Waals surface area contributed by atoms with Crippen LogP contribution in [0.3, 0.4) is 0 Å². The zero-order chi connectivity index (χ0) is 15.0. The second kappa shape index (κ2) is 9.35. The Hall–Kier alpha value is -0.610. The number of carbonyl (C=O) groups is 1. The Bertz CT molecular complexity index is 267. The zero-order valence-corrected chi connectivity index (χ0v) is 13.6. The number of piperidine rings is 1. The molecular weight excluding hydrogens is 250 g/mol. The Labute approximate surface area is 124 Å². The van der Waals surface area contributed by atoms with E-state index in [2.05, 4.69) is 30.8 Å². The van der Waals surface area contributed by atoms with Crippen molar-refractivity contribution >= 4 is 5.91 Å². The third-order valence-corrected chi connectivity index (χ3v) is 4.59. The van der Waals surface area contributed by atoms with Crippen molar-refractivity contribution < 1.29 is 4.79 Å². The third kappa shape index (κ3) is 5.80. The minimum Gasteiger partial charge on any atom is -0.343 e. The van der Waals surface area contributed by atoms with Gasteiger partial charge in [-0.15, -0.1) is 0 Å². The van der Waals surface area contributed by atoms with E-state index in [1.54, 1.807) is 0 Å². The van der Waals surface area contributed by atoms with Gasteiger partial charge >= 0.3 is 0 Å². The summed E-state index contributed by atoms with van der Waals surface area (Å²) in [6, 6.07) is 0.643. The molecule has 1 unspecified atom stereocenters. The predicted molar refractivity (Wildman–Crippen MR) is 84.6 cm³/mol.